The van der Waals surface area contributed by atoms with Gasteiger partial charge in [-0.15, -0.1) is 0 Å². The maximum Gasteiger partial charge on any atom is 0.330 e. The molecule has 0 fully saturated rings. The first kappa shape index (κ1) is 16.5. The van der Waals surface area contributed by atoms with Gasteiger partial charge in [0, 0.05) is 13.1 Å². The second-order valence-corrected chi connectivity index (χ2v) is 7.27. The topological polar surface area (TPSA) is 32.7 Å². The van der Waals surface area contributed by atoms with Gasteiger partial charge in [-0.2, -0.15) is 0 Å². The minimum atomic E-state index is -0.893. The van der Waals surface area contributed by atoms with Crippen molar-refractivity contribution in [2.45, 2.75) is 58.8 Å². The standard InChI is InChI=1S/C17H27BNO2/c1-12-9-14(18-21-17(4,5)16(2,3)20)10-13-7-8-19(6)11-15(12)13/h9-10,20H,7-8,11H2,1-6H3. The summed E-state index contributed by atoms with van der Waals surface area (Å²) >= 11 is 0. The van der Waals surface area contributed by atoms with E-state index in [4.69, 9.17) is 4.65 Å². The van der Waals surface area contributed by atoms with E-state index in [2.05, 4.69) is 31.0 Å². The highest BCUT2D eigenvalue weighted by Crippen LogP contribution is 2.25. The predicted octanol–water partition coefficient (Wildman–Crippen LogP) is 1.79. The van der Waals surface area contributed by atoms with Gasteiger partial charge in [-0.1, -0.05) is 17.6 Å². The quantitative estimate of drug-likeness (QED) is 0.858. The number of aliphatic hydroxyl groups is 1. The highest BCUT2D eigenvalue weighted by Gasteiger charge is 2.35. The summed E-state index contributed by atoms with van der Waals surface area (Å²) in [5.74, 6) is 0. The Morgan fingerprint density at radius 1 is 1.24 bits per heavy atom. The average molecular weight is 288 g/mol. The maximum absolute atomic E-state index is 10.1. The number of nitrogens with zero attached hydrogens (tertiary/aromatic N) is 1. The van der Waals surface area contributed by atoms with E-state index in [1.54, 1.807) is 21.3 Å². The van der Waals surface area contributed by atoms with Gasteiger partial charge in [0.25, 0.3) is 0 Å². The van der Waals surface area contributed by atoms with Gasteiger partial charge in [-0.3, -0.25) is 0 Å². The molecule has 1 radical (unpaired) electrons. The van der Waals surface area contributed by atoms with Crippen molar-refractivity contribution in [1.82, 2.24) is 4.90 Å². The summed E-state index contributed by atoms with van der Waals surface area (Å²) < 4.78 is 5.86. The van der Waals surface area contributed by atoms with Crippen LogP contribution in [0.4, 0.5) is 0 Å². The molecule has 1 heterocycles. The zero-order chi connectivity index (χ0) is 15.8. The van der Waals surface area contributed by atoms with Crippen LogP contribution in [-0.2, 0) is 17.6 Å². The van der Waals surface area contributed by atoms with E-state index in [-0.39, 0.29) is 0 Å². The molecule has 1 N–H and O–H groups in total. The van der Waals surface area contributed by atoms with Gasteiger partial charge < -0.3 is 14.7 Å². The van der Waals surface area contributed by atoms with E-state index >= 15 is 0 Å². The molecule has 21 heavy (non-hydrogen) atoms. The summed E-state index contributed by atoms with van der Waals surface area (Å²) in [5.41, 5.74) is 3.74. The molecule has 1 aromatic rings. The molecule has 2 rings (SSSR count). The van der Waals surface area contributed by atoms with Crippen LogP contribution < -0.4 is 5.46 Å². The SMILES string of the molecule is Cc1cc([B]OC(C)(C)C(C)(C)O)cc2c1CN(C)CC2. The van der Waals surface area contributed by atoms with E-state index < -0.39 is 11.2 Å². The van der Waals surface area contributed by atoms with Gasteiger partial charge in [0.05, 0.1) is 11.2 Å². The highest BCUT2D eigenvalue weighted by molar-refractivity contribution is 6.47. The first-order valence-electron chi connectivity index (χ1n) is 7.64. The molecule has 0 amide bonds. The smallest absolute Gasteiger partial charge is 0.330 e. The predicted molar refractivity (Wildman–Crippen MR) is 88.1 cm³/mol. The van der Waals surface area contributed by atoms with Crippen LogP contribution >= 0.6 is 0 Å². The molecule has 1 aliphatic rings. The summed E-state index contributed by atoms with van der Waals surface area (Å²) in [5, 5.41) is 10.1. The molecule has 0 bridgehead atoms. The third kappa shape index (κ3) is 3.68. The molecule has 1 aliphatic heterocycles. The average Bonchev–Trinajstić information content (AvgIpc) is 2.36. The van der Waals surface area contributed by atoms with Crippen LogP contribution in [0, 0.1) is 6.92 Å². The van der Waals surface area contributed by atoms with Gasteiger partial charge >= 0.3 is 7.48 Å². The lowest BCUT2D eigenvalue weighted by molar-refractivity contribution is -0.0893. The number of benzene rings is 1. The normalized spacial score (nSPS) is 16.7. The zero-order valence-electron chi connectivity index (χ0n) is 14.2. The van der Waals surface area contributed by atoms with Crippen molar-refractivity contribution in [1.29, 1.82) is 0 Å². The molecular formula is C17H27BNO2. The Bertz CT molecular complexity index is 520. The monoisotopic (exact) mass is 288 g/mol. The maximum atomic E-state index is 10.1. The minimum Gasteiger partial charge on any atom is -0.427 e. The Kier molecular flexibility index (Phi) is 4.53. The van der Waals surface area contributed by atoms with Crippen molar-refractivity contribution in [2.75, 3.05) is 13.6 Å². The Balaban J connectivity index is 2.14. The Labute approximate surface area is 129 Å². The van der Waals surface area contributed by atoms with Crippen LogP contribution in [0.5, 0.6) is 0 Å². The molecule has 1 aromatic carbocycles. The highest BCUT2D eigenvalue weighted by atomic mass is 16.5. The van der Waals surface area contributed by atoms with Crippen molar-refractivity contribution in [3.05, 3.63) is 28.8 Å². The van der Waals surface area contributed by atoms with Crippen molar-refractivity contribution in [3.63, 3.8) is 0 Å². The molecule has 4 heteroatoms. The molecule has 0 aromatic heterocycles. The Morgan fingerprint density at radius 3 is 2.52 bits per heavy atom. The number of hydrogen-bond donors (Lipinski definition) is 1. The zero-order valence-corrected chi connectivity index (χ0v) is 14.2. The minimum absolute atomic E-state index is 0.628. The van der Waals surface area contributed by atoms with E-state index in [0.29, 0.717) is 0 Å². The van der Waals surface area contributed by atoms with Crippen molar-refractivity contribution in [2.24, 2.45) is 0 Å². The summed E-state index contributed by atoms with van der Waals surface area (Å²) in [7, 11) is 3.95. The van der Waals surface area contributed by atoms with E-state index in [1.165, 1.54) is 16.7 Å². The largest absolute Gasteiger partial charge is 0.427 e. The Morgan fingerprint density at radius 2 is 1.90 bits per heavy atom. The van der Waals surface area contributed by atoms with E-state index in [9.17, 15) is 5.11 Å². The fourth-order valence-electron chi connectivity index (χ4n) is 2.46. The molecule has 0 saturated heterocycles. The van der Waals surface area contributed by atoms with Gasteiger partial charge in [-0.25, -0.2) is 0 Å². The van der Waals surface area contributed by atoms with Crippen LogP contribution in [0.3, 0.4) is 0 Å². The molecule has 3 nitrogen and oxygen atoms in total. The van der Waals surface area contributed by atoms with Crippen molar-refractivity contribution < 1.29 is 9.76 Å². The van der Waals surface area contributed by atoms with Crippen LogP contribution in [0.1, 0.15) is 44.4 Å². The van der Waals surface area contributed by atoms with Gasteiger partial charge in [0.2, 0.25) is 0 Å². The third-order valence-electron chi connectivity index (χ3n) is 4.74. The van der Waals surface area contributed by atoms with Crippen molar-refractivity contribution in [3.8, 4) is 0 Å². The van der Waals surface area contributed by atoms with Crippen LogP contribution in [0.2, 0.25) is 0 Å². The van der Waals surface area contributed by atoms with Gasteiger partial charge in [-0.05, 0) is 64.8 Å². The molecule has 115 valence electrons. The molecule has 0 atom stereocenters. The van der Waals surface area contributed by atoms with E-state index in [0.717, 1.165) is 25.0 Å². The number of fused-ring (bicyclic) bond motifs is 1. The summed E-state index contributed by atoms with van der Waals surface area (Å²) in [6, 6.07) is 4.38. The second-order valence-electron chi connectivity index (χ2n) is 7.27. The lowest BCUT2D eigenvalue weighted by Gasteiger charge is -2.37. The number of hydrogen-bond acceptors (Lipinski definition) is 3. The van der Waals surface area contributed by atoms with Gasteiger partial charge in [0.15, 0.2) is 0 Å². The lowest BCUT2D eigenvalue weighted by atomic mass is 9.79. The first-order valence-corrected chi connectivity index (χ1v) is 7.64. The molecule has 0 spiro atoms. The molecule has 0 unspecified atom stereocenters. The summed E-state index contributed by atoms with van der Waals surface area (Å²) in [6.45, 7) is 11.6. The first-order chi connectivity index (χ1) is 9.60. The number of likely N-dealkylation sites (N-methyl/N-ethyl adjacent to an activating group) is 1. The third-order valence-corrected chi connectivity index (χ3v) is 4.74. The molecular weight excluding hydrogens is 261 g/mol. The summed E-state index contributed by atoms with van der Waals surface area (Å²) in [6.07, 6.45) is 1.09. The molecule has 0 saturated carbocycles. The van der Waals surface area contributed by atoms with Crippen molar-refractivity contribution >= 4 is 12.9 Å². The fraction of sp³-hybridized carbons (Fsp3) is 0.647. The second kappa shape index (κ2) is 5.75. The van der Waals surface area contributed by atoms with Crippen LogP contribution in [0.25, 0.3) is 0 Å². The number of aryl methyl sites for hydroxylation is 1. The van der Waals surface area contributed by atoms with Crippen LogP contribution in [-0.4, -0.2) is 42.3 Å². The lowest BCUT2D eigenvalue weighted by Crippen LogP contribution is -2.49. The van der Waals surface area contributed by atoms with Gasteiger partial charge in [0.1, 0.15) is 0 Å². The summed E-state index contributed by atoms with van der Waals surface area (Å²) in [4.78, 5) is 2.35. The molecule has 0 aliphatic carbocycles. The Hall–Kier alpha value is -0.835. The fourth-order valence-corrected chi connectivity index (χ4v) is 2.46. The van der Waals surface area contributed by atoms with Crippen LogP contribution in [0.15, 0.2) is 12.1 Å². The number of rotatable bonds is 4. The van der Waals surface area contributed by atoms with E-state index in [1.807, 2.05) is 13.8 Å².